The van der Waals surface area contributed by atoms with Crippen LogP contribution >= 0.6 is 0 Å². The fourth-order valence-electron chi connectivity index (χ4n) is 1.39. The summed E-state index contributed by atoms with van der Waals surface area (Å²) in [5.41, 5.74) is -0.224. The Bertz CT molecular complexity index is 196. The Labute approximate surface area is 88.7 Å². The van der Waals surface area contributed by atoms with Crippen LogP contribution in [0, 0.1) is 11.3 Å². The van der Waals surface area contributed by atoms with Gasteiger partial charge in [0.15, 0.2) is 0 Å². The molecule has 0 amide bonds. The first-order valence-corrected chi connectivity index (χ1v) is 5.39. The average molecular weight is 199 g/mol. The number of Topliss-reactive ketones (excluding diaryl/α,β-unsaturated/α-hetero) is 1. The van der Waals surface area contributed by atoms with Crippen LogP contribution < -0.4 is 0 Å². The van der Waals surface area contributed by atoms with E-state index in [1.165, 1.54) is 0 Å². The third kappa shape index (κ3) is 3.79. The van der Waals surface area contributed by atoms with Gasteiger partial charge in [-0.1, -0.05) is 27.7 Å². The van der Waals surface area contributed by atoms with Crippen molar-refractivity contribution >= 4 is 5.78 Å². The van der Waals surface area contributed by atoms with Crippen molar-refractivity contribution in [3.63, 3.8) is 0 Å². The molecule has 0 aliphatic rings. The third-order valence-electron chi connectivity index (χ3n) is 3.26. The Hall–Kier alpha value is -0.370. The monoisotopic (exact) mass is 199 g/mol. The zero-order valence-electron chi connectivity index (χ0n) is 10.7. The maximum Gasteiger partial charge on any atom is 0.136 e. The zero-order valence-corrected chi connectivity index (χ0v) is 10.7. The summed E-state index contributed by atoms with van der Waals surface area (Å²) in [4.78, 5) is 13.6. The van der Waals surface area contributed by atoms with Crippen molar-refractivity contribution in [1.82, 2.24) is 4.90 Å². The summed E-state index contributed by atoms with van der Waals surface area (Å²) in [6.45, 7) is 13.2. The number of carbonyl (C=O) groups is 1. The molecule has 0 aromatic heterocycles. The highest BCUT2D eigenvalue weighted by atomic mass is 16.1. The molecule has 0 heterocycles. The van der Waals surface area contributed by atoms with Crippen LogP contribution in [0.25, 0.3) is 0 Å². The summed E-state index contributed by atoms with van der Waals surface area (Å²) in [6, 6.07) is 0.522. The van der Waals surface area contributed by atoms with Crippen LogP contribution in [-0.4, -0.2) is 30.3 Å². The first-order valence-electron chi connectivity index (χ1n) is 5.39. The van der Waals surface area contributed by atoms with Gasteiger partial charge in [-0.15, -0.1) is 0 Å². The molecule has 0 spiro atoms. The van der Waals surface area contributed by atoms with E-state index < -0.39 is 0 Å². The lowest BCUT2D eigenvalue weighted by atomic mass is 9.87. The lowest BCUT2D eigenvalue weighted by Gasteiger charge is -2.34. The maximum atomic E-state index is 11.4. The molecule has 84 valence electrons. The minimum Gasteiger partial charge on any atom is -0.302 e. The zero-order chi connectivity index (χ0) is 11.5. The first kappa shape index (κ1) is 13.6. The Morgan fingerprint density at radius 3 is 2.00 bits per heavy atom. The van der Waals surface area contributed by atoms with Gasteiger partial charge in [0.2, 0.25) is 0 Å². The van der Waals surface area contributed by atoms with Gasteiger partial charge in [-0.3, -0.25) is 4.79 Å². The average Bonchev–Trinajstić information content (AvgIpc) is 2.01. The molecule has 0 N–H and O–H groups in total. The summed E-state index contributed by atoms with van der Waals surface area (Å²) in [7, 11) is 2.09. The molecule has 1 atom stereocenters. The van der Waals surface area contributed by atoms with Crippen molar-refractivity contribution in [1.29, 1.82) is 0 Å². The quantitative estimate of drug-likeness (QED) is 0.678. The van der Waals surface area contributed by atoms with E-state index in [1.54, 1.807) is 6.92 Å². The van der Waals surface area contributed by atoms with E-state index in [0.717, 1.165) is 6.54 Å². The second-order valence-electron chi connectivity index (χ2n) is 5.34. The largest absolute Gasteiger partial charge is 0.302 e. The van der Waals surface area contributed by atoms with E-state index in [4.69, 9.17) is 0 Å². The molecule has 14 heavy (non-hydrogen) atoms. The van der Waals surface area contributed by atoms with E-state index in [9.17, 15) is 4.79 Å². The summed E-state index contributed by atoms with van der Waals surface area (Å²) < 4.78 is 0. The fraction of sp³-hybridized carbons (Fsp3) is 0.917. The highest BCUT2D eigenvalue weighted by Gasteiger charge is 2.27. The van der Waals surface area contributed by atoms with Crippen molar-refractivity contribution in [2.75, 3.05) is 13.6 Å². The van der Waals surface area contributed by atoms with Crippen LogP contribution in [0.4, 0.5) is 0 Å². The molecule has 0 aromatic rings. The molecule has 0 aliphatic heterocycles. The number of hydrogen-bond donors (Lipinski definition) is 0. The van der Waals surface area contributed by atoms with Gasteiger partial charge >= 0.3 is 0 Å². The van der Waals surface area contributed by atoms with Gasteiger partial charge < -0.3 is 4.90 Å². The van der Waals surface area contributed by atoms with Gasteiger partial charge in [0.05, 0.1) is 0 Å². The van der Waals surface area contributed by atoms with E-state index in [0.29, 0.717) is 12.0 Å². The van der Waals surface area contributed by atoms with Gasteiger partial charge in [0.25, 0.3) is 0 Å². The topological polar surface area (TPSA) is 20.3 Å². The number of ketones is 1. The SMILES string of the molecule is CC(=O)C(C)(C)CN(C)C(C)C(C)C. The van der Waals surface area contributed by atoms with E-state index >= 15 is 0 Å². The van der Waals surface area contributed by atoms with Crippen molar-refractivity contribution in [2.45, 2.75) is 47.6 Å². The van der Waals surface area contributed by atoms with Crippen LogP contribution in [0.3, 0.4) is 0 Å². The molecule has 0 fully saturated rings. The second kappa shape index (κ2) is 4.92. The van der Waals surface area contributed by atoms with Gasteiger partial charge in [-0.05, 0) is 26.8 Å². The summed E-state index contributed by atoms with van der Waals surface area (Å²) in [5.74, 6) is 0.892. The Kier molecular flexibility index (Phi) is 4.79. The van der Waals surface area contributed by atoms with Gasteiger partial charge in [-0.25, -0.2) is 0 Å². The van der Waals surface area contributed by atoms with Gasteiger partial charge in [0, 0.05) is 18.0 Å². The summed E-state index contributed by atoms with van der Waals surface area (Å²) >= 11 is 0. The summed E-state index contributed by atoms with van der Waals surface area (Å²) in [6.07, 6.45) is 0. The van der Waals surface area contributed by atoms with E-state index in [-0.39, 0.29) is 11.2 Å². The Morgan fingerprint density at radius 2 is 1.71 bits per heavy atom. The second-order valence-corrected chi connectivity index (χ2v) is 5.34. The smallest absolute Gasteiger partial charge is 0.136 e. The Balaban J connectivity index is 4.31. The maximum absolute atomic E-state index is 11.4. The predicted molar refractivity (Wildman–Crippen MR) is 61.4 cm³/mol. The molecule has 2 heteroatoms. The van der Waals surface area contributed by atoms with E-state index in [1.807, 2.05) is 13.8 Å². The third-order valence-corrected chi connectivity index (χ3v) is 3.26. The molecular weight excluding hydrogens is 174 g/mol. The fourth-order valence-corrected chi connectivity index (χ4v) is 1.39. The van der Waals surface area contributed by atoms with Crippen molar-refractivity contribution in [3.05, 3.63) is 0 Å². The molecule has 0 rings (SSSR count). The minimum atomic E-state index is -0.224. The van der Waals surface area contributed by atoms with E-state index in [2.05, 4.69) is 32.7 Å². The lowest BCUT2D eigenvalue weighted by Crippen LogP contribution is -2.42. The van der Waals surface area contributed by atoms with Crippen LogP contribution in [0.5, 0.6) is 0 Å². The molecule has 0 radical (unpaired) electrons. The molecule has 0 aliphatic carbocycles. The van der Waals surface area contributed by atoms with Crippen LogP contribution in [0.2, 0.25) is 0 Å². The van der Waals surface area contributed by atoms with Crippen molar-refractivity contribution < 1.29 is 4.79 Å². The van der Waals surface area contributed by atoms with Gasteiger partial charge in [-0.2, -0.15) is 0 Å². The predicted octanol–water partition coefficient (Wildman–Crippen LogP) is 2.58. The number of rotatable bonds is 5. The molecule has 0 saturated heterocycles. The molecule has 0 bridgehead atoms. The summed E-state index contributed by atoms with van der Waals surface area (Å²) in [5, 5.41) is 0. The van der Waals surface area contributed by atoms with Crippen LogP contribution in [-0.2, 0) is 4.79 Å². The van der Waals surface area contributed by atoms with Crippen molar-refractivity contribution in [3.8, 4) is 0 Å². The van der Waals surface area contributed by atoms with Crippen LogP contribution in [0.15, 0.2) is 0 Å². The Morgan fingerprint density at radius 1 is 1.29 bits per heavy atom. The lowest BCUT2D eigenvalue weighted by molar-refractivity contribution is -0.126. The first-order chi connectivity index (χ1) is 6.18. The number of nitrogens with zero attached hydrogens (tertiary/aromatic N) is 1. The number of hydrogen-bond acceptors (Lipinski definition) is 2. The molecule has 0 saturated carbocycles. The molecule has 2 nitrogen and oxygen atoms in total. The minimum absolute atomic E-state index is 0.224. The molecule has 1 unspecified atom stereocenters. The standard InChI is InChI=1S/C12H25NO/c1-9(2)10(3)13(7)8-12(5,6)11(4)14/h9-10H,8H2,1-7H3. The highest BCUT2D eigenvalue weighted by molar-refractivity contribution is 5.81. The van der Waals surface area contributed by atoms with Crippen molar-refractivity contribution in [2.24, 2.45) is 11.3 Å². The molecular formula is C12H25NO. The highest BCUT2D eigenvalue weighted by Crippen LogP contribution is 2.20. The normalized spacial score (nSPS) is 14.9. The van der Waals surface area contributed by atoms with Crippen LogP contribution in [0.1, 0.15) is 41.5 Å². The number of carbonyl (C=O) groups excluding carboxylic acids is 1. The molecule has 0 aromatic carbocycles. The van der Waals surface area contributed by atoms with Gasteiger partial charge in [0.1, 0.15) is 5.78 Å².